The highest BCUT2D eigenvalue weighted by Crippen LogP contribution is 2.44. The molecule has 1 N–H and O–H groups in total. The molecule has 3 nitrogen and oxygen atoms in total. The molecule has 1 aliphatic carbocycles. The van der Waals surface area contributed by atoms with Crippen LogP contribution in [0.3, 0.4) is 0 Å². The van der Waals surface area contributed by atoms with Crippen LogP contribution in [0.1, 0.15) is 32.6 Å². The first-order valence-corrected chi connectivity index (χ1v) is 5.63. The molecule has 0 aromatic rings. The zero-order valence-corrected chi connectivity index (χ0v) is 9.72. The average molecular weight is 254 g/mol. The third kappa shape index (κ3) is 4.18. The van der Waals surface area contributed by atoms with Gasteiger partial charge in [-0.15, -0.1) is 0 Å². The van der Waals surface area contributed by atoms with E-state index < -0.39 is 24.2 Å². The van der Waals surface area contributed by atoms with Gasteiger partial charge in [-0.25, -0.2) is 0 Å². The van der Waals surface area contributed by atoms with Gasteiger partial charge in [-0.05, 0) is 31.6 Å². The zero-order valence-electron chi connectivity index (χ0n) is 9.72. The van der Waals surface area contributed by atoms with Gasteiger partial charge in [-0.3, -0.25) is 4.79 Å². The molecule has 0 amide bonds. The second-order valence-electron chi connectivity index (χ2n) is 4.85. The number of rotatable bonds is 5. The van der Waals surface area contributed by atoms with Crippen molar-refractivity contribution in [1.29, 1.82) is 0 Å². The average Bonchev–Trinajstić information content (AvgIpc) is 2.55. The van der Waals surface area contributed by atoms with Gasteiger partial charge in [-0.1, -0.05) is 6.92 Å². The van der Waals surface area contributed by atoms with Crippen LogP contribution >= 0.6 is 0 Å². The van der Waals surface area contributed by atoms with E-state index in [4.69, 9.17) is 5.11 Å². The number of ether oxygens (including phenoxy) is 1. The molecule has 1 fully saturated rings. The van der Waals surface area contributed by atoms with Crippen molar-refractivity contribution in [3.63, 3.8) is 0 Å². The minimum absolute atomic E-state index is 0.154. The minimum atomic E-state index is -4.35. The number of alkyl halides is 3. The summed E-state index contributed by atoms with van der Waals surface area (Å²) in [7, 11) is 0. The summed E-state index contributed by atoms with van der Waals surface area (Å²) in [6.45, 7) is 0.498. The molecule has 0 bridgehead atoms. The second-order valence-corrected chi connectivity index (χ2v) is 4.85. The van der Waals surface area contributed by atoms with Crippen molar-refractivity contribution in [3.05, 3.63) is 0 Å². The molecule has 1 saturated carbocycles. The van der Waals surface area contributed by atoms with E-state index in [2.05, 4.69) is 4.74 Å². The lowest BCUT2D eigenvalue weighted by Gasteiger charge is -2.24. The highest BCUT2D eigenvalue weighted by atomic mass is 19.4. The smallest absolute Gasteiger partial charge is 0.411 e. The molecule has 0 aromatic heterocycles. The van der Waals surface area contributed by atoms with Crippen LogP contribution in [0.15, 0.2) is 0 Å². The minimum Gasteiger partial charge on any atom is -0.481 e. The molecular weight excluding hydrogens is 237 g/mol. The van der Waals surface area contributed by atoms with Crippen LogP contribution in [-0.4, -0.2) is 30.5 Å². The Morgan fingerprint density at radius 1 is 1.53 bits per heavy atom. The number of carboxylic acids is 1. The number of hydrogen-bond donors (Lipinski definition) is 1. The molecule has 0 radical (unpaired) electrons. The van der Waals surface area contributed by atoms with Crippen LogP contribution in [0, 0.1) is 11.3 Å². The molecule has 6 heteroatoms. The zero-order chi connectivity index (χ0) is 13.1. The lowest BCUT2D eigenvalue weighted by molar-refractivity contribution is -0.176. The third-order valence-corrected chi connectivity index (χ3v) is 3.30. The Labute approximate surface area is 97.9 Å². The summed E-state index contributed by atoms with van der Waals surface area (Å²) in [6.07, 6.45) is -2.33. The van der Waals surface area contributed by atoms with E-state index in [0.29, 0.717) is 18.8 Å². The molecule has 17 heavy (non-hydrogen) atoms. The number of hydrogen-bond acceptors (Lipinski definition) is 2. The van der Waals surface area contributed by atoms with Crippen LogP contribution < -0.4 is 0 Å². The Morgan fingerprint density at radius 2 is 2.18 bits per heavy atom. The Hall–Kier alpha value is -0.780. The van der Waals surface area contributed by atoms with Crippen molar-refractivity contribution in [1.82, 2.24) is 0 Å². The van der Waals surface area contributed by atoms with Gasteiger partial charge in [-0.2, -0.15) is 13.2 Å². The van der Waals surface area contributed by atoms with E-state index in [9.17, 15) is 18.0 Å². The summed E-state index contributed by atoms with van der Waals surface area (Å²) < 4.78 is 40.0. The summed E-state index contributed by atoms with van der Waals surface area (Å²) in [5, 5.41) is 9.16. The van der Waals surface area contributed by atoms with Crippen molar-refractivity contribution in [2.24, 2.45) is 11.3 Å². The summed E-state index contributed by atoms with van der Waals surface area (Å²) in [5.74, 6) is -0.605. The normalized spacial score (nSPS) is 29.5. The van der Waals surface area contributed by atoms with E-state index in [0.717, 1.165) is 6.42 Å². The highest BCUT2D eigenvalue weighted by Gasteiger charge is 2.43. The van der Waals surface area contributed by atoms with Gasteiger partial charge in [0.1, 0.15) is 6.61 Å². The molecule has 0 aliphatic heterocycles. The summed E-state index contributed by atoms with van der Waals surface area (Å²) >= 11 is 0. The lowest BCUT2D eigenvalue weighted by Crippen LogP contribution is -2.30. The molecule has 2 unspecified atom stereocenters. The van der Waals surface area contributed by atoms with Gasteiger partial charge in [0.05, 0.1) is 5.41 Å². The Kier molecular flexibility index (Phi) is 4.41. The number of aliphatic carboxylic acids is 1. The topological polar surface area (TPSA) is 46.5 Å². The van der Waals surface area contributed by atoms with Gasteiger partial charge in [0, 0.05) is 6.61 Å². The molecule has 1 aliphatic rings. The second kappa shape index (κ2) is 5.25. The highest BCUT2D eigenvalue weighted by molar-refractivity contribution is 5.75. The maximum atomic E-state index is 11.8. The Morgan fingerprint density at radius 3 is 2.59 bits per heavy atom. The fourth-order valence-electron chi connectivity index (χ4n) is 2.38. The molecular formula is C11H17F3O3. The van der Waals surface area contributed by atoms with Gasteiger partial charge in [0.2, 0.25) is 0 Å². The molecule has 2 atom stereocenters. The van der Waals surface area contributed by atoms with Gasteiger partial charge < -0.3 is 9.84 Å². The summed E-state index contributed by atoms with van der Waals surface area (Å²) in [4.78, 5) is 11.2. The van der Waals surface area contributed by atoms with E-state index in [1.165, 1.54) is 0 Å². The van der Waals surface area contributed by atoms with Crippen molar-refractivity contribution >= 4 is 5.97 Å². The molecule has 100 valence electrons. The maximum absolute atomic E-state index is 11.8. The van der Waals surface area contributed by atoms with Crippen molar-refractivity contribution in [2.75, 3.05) is 13.2 Å². The first-order chi connectivity index (χ1) is 7.75. The van der Waals surface area contributed by atoms with Crippen LogP contribution in [0.4, 0.5) is 13.2 Å². The Balaban J connectivity index is 2.39. The van der Waals surface area contributed by atoms with E-state index >= 15 is 0 Å². The van der Waals surface area contributed by atoms with Crippen LogP contribution in [0.25, 0.3) is 0 Å². The molecule has 0 saturated heterocycles. The largest absolute Gasteiger partial charge is 0.481 e. The quantitative estimate of drug-likeness (QED) is 0.767. The van der Waals surface area contributed by atoms with E-state index in [-0.39, 0.29) is 13.0 Å². The van der Waals surface area contributed by atoms with E-state index in [1.54, 1.807) is 0 Å². The monoisotopic (exact) mass is 254 g/mol. The predicted molar refractivity (Wildman–Crippen MR) is 54.6 cm³/mol. The lowest BCUT2D eigenvalue weighted by atomic mass is 9.82. The van der Waals surface area contributed by atoms with Crippen LogP contribution in [0.2, 0.25) is 0 Å². The number of halogens is 3. The third-order valence-electron chi connectivity index (χ3n) is 3.30. The van der Waals surface area contributed by atoms with Gasteiger partial charge in [0.25, 0.3) is 0 Å². The van der Waals surface area contributed by atoms with Gasteiger partial charge >= 0.3 is 12.1 Å². The fourth-order valence-corrected chi connectivity index (χ4v) is 2.38. The SMILES string of the molecule is CC1CCC(CCOCC(F)(F)F)(C(=O)O)C1. The van der Waals surface area contributed by atoms with Crippen LogP contribution in [-0.2, 0) is 9.53 Å². The first-order valence-electron chi connectivity index (χ1n) is 5.63. The predicted octanol–water partition coefficient (Wildman–Crippen LogP) is 2.85. The number of carboxylic acid groups (broad SMARTS) is 1. The summed E-state index contributed by atoms with van der Waals surface area (Å²) in [6, 6.07) is 0. The van der Waals surface area contributed by atoms with Crippen LogP contribution in [0.5, 0.6) is 0 Å². The van der Waals surface area contributed by atoms with Crippen molar-refractivity contribution in [2.45, 2.75) is 38.8 Å². The molecule has 0 aromatic carbocycles. The van der Waals surface area contributed by atoms with E-state index in [1.807, 2.05) is 6.92 Å². The standard InChI is InChI=1S/C11H17F3O3/c1-8-2-3-10(6-8,9(15)16)4-5-17-7-11(12,13)14/h8H,2-7H2,1H3,(H,15,16). The van der Waals surface area contributed by atoms with Crippen molar-refractivity contribution < 1.29 is 27.8 Å². The van der Waals surface area contributed by atoms with Crippen molar-refractivity contribution in [3.8, 4) is 0 Å². The fraction of sp³-hybridized carbons (Fsp3) is 0.909. The molecule has 0 heterocycles. The summed E-state index contributed by atoms with van der Waals surface area (Å²) in [5.41, 5.74) is -0.884. The molecule has 1 rings (SSSR count). The maximum Gasteiger partial charge on any atom is 0.411 e. The Bertz CT molecular complexity index is 278. The first kappa shape index (κ1) is 14.3. The molecule has 0 spiro atoms. The van der Waals surface area contributed by atoms with Gasteiger partial charge in [0.15, 0.2) is 0 Å². The number of carbonyl (C=O) groups is 1.